The molecule has 1 saturated carbocycles. The number of likely N-dealkylation sites (tertiary alicyclic amines) is 1. The van der Waals surface area contributed by atoms with E-state index in [1.54, 1.807) is 16.6 Å². The van der Waals surface area contributed by atoms with Gasteiger partial charge in [0.25, 0.3) is 15.0 Å². The highest BCUT2D eigenvalue weighted by Crippen LogP contribution is 2.38. The molecule has 0 bridgehead atoms. The van der Waals surface area contributed by atoms with Gasteiger partial charge in [-0.2, -0.15) is 0 Å². The Balaban J connectivity index is 1.90. The van der Waals surface area contributed by atoms with Gasteiger partial charge >= 0.3 is 0 Å². The molecule has 1 unspecified atom stereocenters. The molecule has 3 rings (SSSR count). The lowest BCUT2D eigenvalue weighted by atomic mass is 10.3. The van der Waals surface area contributed by atoms with Gasteiger partial charge in [-0.15, -0.1) is 0 Å². The van der Waals surface area contributed by atoms with Crippen LogP contribution in [0.3, 0.4) is 0 Å². The molecular formula is C13H17ClN2O4S. The van der Waals surface area contributed by atoms with Crippen molar-refractivity contribution in [1.29, 1.82) is 0 Å². The molecule has 0 N–H and O–H groups in total. The third-order valence-corrected chi connectivity index (χ3v) is 5.35. The summed E-state index contributed by atoms with van der Waals surface area (Å²) in [6, 6.07) is 1.58. The van der Waals surface area contributed by atoms with E-state index >= 15 is 0 Å². The van der Waals surface area contributed by atoms with E-state index in [9.17, 15) is 13.2 Å². The molecule has 8 heteroatoms. The number of hydrogen-bond acceptors (Lipinski definition) is 4. The monoisotopic (exact) mass is 332 g/mol. The first-order valence-corrected chi connectivity index (χ1v) is 9.19. The van der Waals surface area contributed by atoms with Gasteiger partial charge in [-0.3, -0.25) is 4.79 Å². The smallest absolute Gasteiger partial charge is 0.270 e. The van der Waals surface area contributed by atoms with E-state index in [-0.39, 0.29) is 22.9 Å². The van der Waals surface area contributed by atoms with Crippen LogP contribution in [0, 0.1) is 0 Å². The molecule has 2 fully saturated rings. The minimum atomic E-state index is -3.83. The quantitative estimate of drug-likeness (QED) is 0.786. The second-order valence-electron chi connectivity index (χ2n) is 5.53. The van der Waals surface area contributed by atoms with Crippen LogP contribution in [0.15, 0.2) is 17.2 Å². The molecule has 0 radical (unpaired) electrons. The van der Waals surface area contributed by atoms with Crippen LogP contribution < -0.4 is 0 Å². The Bertz CT molecular complexity index is 666. The van der Waals surface area contributed by atoms with Crippen LogP contribution in [-0.2, 0) is 13.8 Å². The lowest BCUT2D eigenvalue weighted by Gasteiger charge is -2.17. The van der Waals surface area contributed by atoms with Crippen molar-refractivity contribution in [3.05, 3.63) is 18.0 Å². The Morgan fingerprint density at radius 2 is 2.10 bits per heavy atom. The summed E-state index contributed by atoms with van der Waals surface area (Å²) in [6.45, 7) is 1.16. The summed E-state index contributed by atoms with van der Waals surface area (Å²) >= 11 is 0. The minimum Gasteiger partial charge on any atom is -0.380 e. The molecule has 1 atom stereocenters. The number of halogens is 1. The molecule has 1 amide bonds. The molecule has 1 saturated heterocycles. The Labute approximate surface area is 128 Å². The second kappa shape index (κ2) is 5.30. The van der Waals surface area contributed by atoms with E-state index in [1.807, 2.05) is 0 Å². The molecule has 1 aromatic rings. The van der Waals surface area contributed by atoms with E-state index in [1.165, 1.54) is 12.3 Å². The number of rotatable bonds is 4. The van der Waals surface area contributed by atoms with Crippen molar-refractivity contribution in [3.63, 3.8) is 0 Å². The SMILES string of the molecule is COC1CCN(C(=O)c2cc(S(=O)(=O)Cl)cn2C2CC2)C1. The van der Waals surface area contributed by atoms with Crippen LogP contribution in [0.2, 0.25) is 0 Å². The predicted molar refractivity (Wildman–Crippen MR) is 77.1 cm³/mol. The van der Waals surface area contributed by atoms with Gasteiger partial charge in [-0.1, -0.05) is 0 Å². The minimum absolute atomic E-state index is 0.0121. The topological polar surface area (TPSA) is 68.6 Å². The molecule has 2 heterocycles. The normalized spacial score (nSPS) is 22.8. The molecule has 1 aliphatic heterocycles. The number of amides is 1. The summed E-state index contributed by atoms with van der Waals surface area (Å²) in [5.41, 5.74) is 0.397. The van der Waals surface area contributed by atoms with Crippen molar-refractivity contribution in [1.82, 2.24) is 9.47 Å². The number of hydrogen-bond donors (Lipinski definition) is 0. The Hall–Kier alpha value is -1.05. The maximum absolute atomic E-state index is 12.6. The van der Waals surface area contributed by atoms with E-state index in [4.69, 9.17) is 15.4 Å². The summed E-state index contributed by atoms with van der Waals surface area (Å²) in [4.78, 5) is 14.3. The number of nitrogens with zero attached hydrogens (tertiary/aromatic N) is 2. The highest BCUT2D eigenvalue weighted by atomic mass is 35.7. The summed E-state index contributed by atoms with van der Waals surface area (Å²) < 4.78 is 30.0. The molecule has 21 heavy (non-hydrogen) atoms. The van der Waals surface area contributed by atoms with Crippen molar-refractivity contribution in [2.45, 2.75) is 36.3 Å². The standard InChI is InChI=1S/C13H17ClN2O4S/c1-20-10-4-5-15(7-10)13(17)12-6-11(21(14,18)19)8-16(12)9-2-3-9/h6,8-10H,2-5,7H2,1H3. The Morgan fingerprint density at radius 1 is 1.38 bits per heavy atom. The van der Waals surface area contributed by atoms with Crippen LogP contribution in [-0.4, -0.2) is 50.1 Å². The molecule has 2 aliphatic rings. The summed E-state index contributed by atoms with van der Waals surface area (Å²) in [5.74, 6) is -0.159. The average molecular weight is 333 g/mol. The first-order valence-electron chi connectivity index (χ1n) is 6.88. The molecule has 1 aliphatic carbocycles. The maximum atomic E-state index is 12.6. The van der Waals surface area contributed by atoms with E-state index < -0.39 is 9.05 Å². The summed E-state index contributed by atoms with van der Waals surface area (Å²) in [6.07, 6.45) is 4.23. The lowest BCUT2D eigenvalue weighted by Crippen LogP contribution is -2.31. The summed E-state index contributed by atoms with van der Waals surface area (Å²) in [7, 11) is 3.19. The van der Waals surface area contributed by atoms with Crippen LogP contribution in [0.4, 0.5) is 0 Å². The van der Waals surface area contributed by atoms with Gasteiger partial charge < -0.3 is 14.2 Å². The van der Waals surface area contributed by atoms with Gasteiger partial charge in [0.2, 0.25) is 0 Å². The number of methoxy groups -OCH3 is 1. The maximum Gasteiger partial charge on any atom is 0.270 e. The number of aromatic nitrogens is 1. The zero-order valence-corrected chi connectivity index (χ0v) is 13.2. The van der Waals surface area contributed by atoms with Crippen molar-refractivity contribution in [2.24, 2.45) is 0 Å². The van der Waals surface area contributed by atoms with Crippen LogP contribution in [0.1, 0.15) is 35.8 Å². The van der Waals surface area contributed by atoms with Crippen molar-refractivity contribution in [3.8, 4) is 0 Å². The fourth-order valence-corrected chi connectivity index (χ4v) is 3.43. The second-order valence-corrected chi connectivity index (χ2v) is 8.10. The molecule has 1 aromatic heterocycles. The Kier molecular flexibility index (Phi) is 3.75. The largest absolute Gasteiger partial charge is 0.380 e. The first-order chi connectivity index (χ1) is 9.90. The third-order valence-electron chi connectivity index (χ3n) is 4.03. The van der Waals surface area contributed by atoms with E-state index in [0.29, 0.717) is 18.8 Å². The molecule has 0 spiro atoms. The molecule has 6 nitrogen and oxygen atoms in total. The molecule has 0 aromatic carbocycles. The van der Waals surface area contributed by atoms with Gasteiger partial charge in [0, 0.05) is 43.1 Å². The molecule has 116 valence electrons. The fourth-order valence-electron chi connectivity index (χ4n) is 2.68. The average Bonchev–Trinajstić information content (AvgIpc) is 3.01. The zero-order valence-electron chi connectivity index (χ0n) is 11.7. The van der Waals surface area contributed by atoms with E-state index in [2.05, 4.69) is 0 Å². The van der Waals surface area contributed by atoms with Crippen molar-refractivity contribution >= 4 is 25.6 Å². The van der Waals surface area contributed by atoms with Crippen molar-refractivity contribution in [2.75, 3.05) is 20.2 Å². The first kappa shape index (κ1) is 14.9. The van der Waals surface area contributed by atoms with Crippen LogP contribution in [0.5, 0.6) is 0 Å². The van der Waals surface area contributed by atoms with Crippen molar-refractivity contribution < 1.29 is 17.9 Å². The third kappa shape index (κ3) is 2.95. The number of ether oxygens (including phenoxy) is 1. The molecular weight excluding hydrogens is 316 g/mol. The van der Waals surface area contributed by atoms with Gasteiger partial charge in [0.1, 0.15) is 10.6 Å². The Morgan fingerprint density at radius 3 is 2.62 bits per heavy atom. The summed E-state index contributed by atoms with van der Waals surface area (Å²) in [5, 5.41) is 0. The number of carbonyl (C=O) groups excluding carboxylic acids is 1. The van der Waals surface area contributed by atoms with Crippen LogP contribution in [0.25, 0.3) is 0 Å². The highest BCUT2D eigenvalue weighted by molar-refractivity contribution is 8.13. The fraction of sp³-hybridized carbons (Fsp3) is 0.615. The lowest BCUT2D eigenvalue weighted by molar-refractivity contribution is 0.0714. The van der Waals surface area contributed by atoms with Gasteiger partial charge in [-0.05, 0) is 25.3 Å². The highest BCUT2D eigenvalue weighted by Gasteiger charge is 2.34. The predicted octanol–water partition coefficient (Wildman–Crippen LogP) is 1.61. The van der Waals surface area contributed by atoms with Crippen LogP contribution >= 0.6 is 10.7 Å². The van der Waals surface area contributed by atoms with Gasteiger partial charge in [-0.25, -0.2) is 8.42 Å². The zero-order chi connectivity index (χ0) is 15.2. The number of carbonyl (C=O) groups is 1. The van der Waals surface area contributed by atoms with Gasteiger partial charge in [0.05, 0.1) is 6.10 Å². The van der Waals surface area contributed by atoms with E-state index in [0.717, 1.165) is 19.3 Å². The van der Waals surface area contributed by atoms with Gasteiger partial charge in [0.15, 0.2) is 0 Å².